The van der Waals surface area contributed by atoms with E-state index in [1.807, 2.05) is 6.07 Å². The van der Waals surface area contributed by atoms with Gasteiger partial charge in [-0.1, -0.05) is 79.1 Å². The van der Waals surface area contributed by atoms with Crippen LogP contribution in [0.1, 0.15) is 112 Å². The number of nitrogens with two attached hydrogens (primary N) is 1. The van der Waals surface area contributed by atoms with Crippen molar-refractivity contribution in [2.45, 2.75) is 123 Å². The van der Waals surface area contributed by atoms with Gasteiger partial charge in [-0.25, -0.2) is 9.97 Å². The Balaban J connectivity index is 2.50. The van der Waals surface area contributed by atoms with Crippen LogP contribution >= 0.6 is 0 Å². The maximum absolute atomic E-state index is 13.2. The summed E-state index contributed by atoms with van der Waals surface area (Å²) in [5.41, 5.74) is 5.43. The van der Waals surface area contributed by atoms with E-state index in [-0.39, 0.29) is 12.0 Å². The molecule has 6 nitrogen and oxygen atoms in total. The van der Waals surface area contributed by atoms with Crippen molar-refractivity contribution < 1.29 is 9.90 Å². The Morgan fingerprint density at radius 3 is 2.35 bits per heavy atom. The Hall–Kier alpha value is -1.69. The summed E-state index contributed by atoms with van der Waals surface area (Å²) in [4.78, 5) is 21.7. The number of nitrogens with zero attached hydrogens (tertiary/aromatic N) is 2. The lowest BCUT2D eigenvalue weighted by Crippen LogP contribution is -2.62. The van der Waals surface area contributed by atoms with Gasteiger partial charge in [0, 0.05) is 17.8 Å². The van der Waals surface area contributed by atoms with Gasteiger partial charge in [-0.05, 0) is 56.4 Å². The summed E-state index contributed by atoms with van der Waals surface area (Å²) >= 11 is 0. The highest BCUT2D eigenvalue weighted by atomic mass is 16.4. The lowest BCUT2D eigenvalue weighted by Gasteiger charge is -2.53. The molecule has 0 aliphatic heterocycles. The van der Waals surface area contributed by atoms with Crippen LogP contribution in [0.4, 0.5) is 5.82 Å². The number of carbonyl (C=O) groups is 1. The number of hydrogen-bond donors (Lipinski definition) is 3. The zero-order valence-corrected chi connectivity index (χ0v) is 22.4. The molecule has 1 saturated carbocycles. The van der Waals surface area contributed by atoms with Crippen LogP contribution in [0.15, 0.2) is 18.6 Å². The van der Waals surface area contributed by atoms with Gasteiger partial charge in [0.25, 0.3) is 0 Å². The van der Waals surface area contributed by atoms with Gasteiger partial charge in [0.05, 0.1) is 5.41 Å². The number of anilines is 1. The smallest absolute Gasteiger partial charge is 0.311 e. The summed E-state index contributed by atoms with van der Waals surface area (Å²) in [7, 11) is 0. The highest BCUT2D eigenvalue weighted by molar-refractivity contribution is 5.77. The highest BCUT2D eigenvalue weighted by Gasteiger charge is 2.57. The molecule has 0 radical (unpaired) electrons. The molecule has 1 aliphatic rings. The predicted octanol–water partition coefficient (Wildman–Crippen LogP) is 6.67. The first kappa shape index (κ1) is 28.5. The van der Waals surface area contributed by atoms with Crippen LogP contribution in [0.3, 0.4) is 0 Å². The molecule has 1 fully saturated rings. The molecule has 6 unspecified atom stereocenters. The van der Waals surface area contributed by atoms with Gasteiger partial charge in [-0.2, -0.15) is 0 Å². The lowest BCUT2D eigenvalue weighted by molar-refractivity contribution is -0.157. The van der Waals surface area contributed by atoms with Crippen molar-refractivity contribution in [3.05, 3.63) is 18.6 Å². The van der Waals surface area contributed by atoms with Gasteiger partial charge in [-0.3, -0.25) is 4.79 Å². The van der Waals surface area contributed by atoms with Crippen molar-refractivity contribution in [1.82, 2.24) is 9.97 Å². The number of aromatic nitrogens is 2. The molecule has 6 atom stereocenters. The van der Waals surface area contributed by atoms with E-state index in [9.17, 15) is 9.90 Å². The summed E-state index contributed by atoms with van der Waals surface area (Å²) in [6.45, 7) is 11.0. The molecule has 1 aromatic rings. The van der Waals surface area contributed by atoms with E-state index in [0.29, 0.717) is 30.5 Å². The van der Waals surface area contributed by atoms with Crippen molar-refractivity contribution in [3.63, 3.8) is 0 Å². The second-order valence-corrected chi connectivity index (χ2v) is 11.2. The highest BCUT2D eigenvalue weighted by Crippen LogP contribution is 2.51. The van der Waals surface area contributed by atoms with Gasteiger partial charge in [0.1, 0.15) is 12.1 Å². The number of rotatable bonds is 15. The number of unbranched alkanes of at least 4 members (excludes halogenated alkanes) is 2. The monoisotopic (exact) mass is 474 g/mol. The average molecular weight is 475 g/mol. The molecule has 194 valence electrons. The molecule has 0 spiro atoms. The Kier molecular flexibility index (Phi) is 11.3. The molecule has 34 heavy (non-hydrogen) atoms. The molecule has 0 saturated heterocycles. The molecular weight excluding hydrogens is 424 g/mol. The second kappa shape index (κ2) is 13.4. The van der Waals surface area contributed by atoms with Gasteiger partial charge in [-0.15, -0.1) is 0 Å². The maximum Gasteiger partial charge on any atom is 0.311 e. The molecule has 6 heteroatoms. The molecule has 4 N–H and O–H groups in total. The third-order valence-electron chi connectivity index (χ3n) is 8.20. The molecule has 0 aromatic carbocycles. The quantitative estimate of drug-likeness (QED) is 0.262. The number of carboxylic acids is 1. The maximum atomic E-state index is 13.2. The predicted molar refractivity (Wildman–Crippen MR) is 141 cm³/mol. The van der Waals surface area contributed by atoms with E-state index in [1.165, 1.54) is 25.6 Å². The van der Waals surface area contributed by atoms with Crippen LogP contribution in [-0.4, -0.2) is 32.6 Å². The number of hydrogen-bond acceptors (Lipinski definition) is 5. The normalized spacial score (nSPS) is 28.9. The Morgan fingerprint density at radius 1 is 1.18 bits per heavy atom. The van der Waals surface area contributed by atoms with Crippen molar-refractivity contribution in [1.29, 1.82) is 0 Å². The van der Waals surface area contributed by atoms with Crippen molar-refractivity contribution >= 4 is 11.8 Å². The van der Waals surface area contributed by atoms with Crippen LogP contribution in [0.5, 0.6) is 0 Å². The van der Waals surface area contributed by atoms with Gasteiger partial charge in [0.15, 0.2) is 0 Å². The molecule has 0 bridgehead atoms. The average Bonchev–Trinajstić information content (AvgIpc) is 2.81. The van der Waals surface area contributed by atoms with Crippen molar-refractivity contribution in [2.24, 2.45) is 28.9 Å². The SMILES string of the molecule is CCCCC(CC)CC1CC(C)(N)CC(CC(CC)CCCC)(C(=O)O)C1Nc1ccncn1. The fourth-order valence-electron chi connectivity index (χ4n) is 6.44. The minimum absolute atomic E-state index is 0.181. The summed E-state index contributed by atoms with van der Waals surface area (Å²) in [5, 5.41) is 14.5. The van der Waals surface area contributed by atoms with Crippen molar-refractivity contribution in [2.75, 3.05) is 5.32 Å². The lowest BCUT2D eigenvalue weighted by atomic mass is 9.55. The van der Waals surface area contributed by atoms with Gasteiger partial charge < -0.3 is 16.2 Å². The number of carboxylic acid groups (broad SMARTS) is 1. The summed E-state index contributed by atoms with van der Waals surface area (Å²) in [6.07, 6.45) is 15.3. The first-order valence-corrected chi connectivity index (χ1v) is 13.8. The van der Waals surface area contributed by atoms with Crippen LogP contribution in [0.25, 0.3) is 0 Å². The van der Waals surface area contributed by atoms with Gasteiger partial charge in [0.2, 0.25) is 0 Å². The molecule has 1 heterocycles. The van der Waals surface area contributed by atoms with E-state index in [0.717, 1.165) is 44.9 Å². The summed E-state index contributed by atoms with van der Waals surface area (Å²) < 4.78 is 0. The van der Waals surface area contributed by atoms with Crippen LogP contribution in [-0.2, 0) is 4.79 Å². The first-order chi connectivity index (χ1) is 16.2. The number of nitrogens with one attached hydrogen (secondary N) is 1. The Labute approximate surface area is 207 Å². The third-order valence-corrected chi connectivity index (χ3v) is 8.20. The minimum Gasteiger partial charge on any atom is -0.481 e. The molecule has 1 aliphatic carbocycles. The first-order valence-electron chi connectivity index (χ1n) is 13.8. The topological polar surface area (TPSA) is 101 Å². The van der Waals surface area contributed by atoms with E-state index < -0.39 is 16.9 Å². The standard InChI is InChI=1S/C28H50N4O2/c1-6-10-12-21(8-3)16-23-18-27(5,29)19-28(26(33)34,17-22(9-4)13-11-7-2)25(23)32-24-14-15-30-20-31-24/h14-15,20-23,25H,6-13,16-19,29H2,1-5H3,(H,33,34)(H,30,31,32). The largest absolute Gasteiger partial charge is 0.481 e. The number of aliphatic carboxylic acids is 1. The molecule has 2 rings (SSSR count). The van der Waals surface area contributed by atoms with Gasteiger partial charge >= 0.3 is 5.97 Å². The fourth-order valence-corrected chi connectivity index (χ4v) is 6.44. The van der Waals surface area contributed by atoms with E-state index in [1.54, 1.807) is 6.20 Å². The summed E-state index contributed by atoms with van der Waals surface area (Å²) in [6, 6.07) is 1.64. The second-order valence-electron chi connectivity index (χ2n) is 11.2. The van der Waals surface area contributed by atoms with E-state index in [2.05, 4.69) is 49.9 Å². The Morgan fingerprint density at radius 2 is 1.82 bits per heavy atom. The van der Waals surface area contributed by atoms with Crippen LogP contribution in [0.2, 0.25) is 0 Å². The van der Waals surface area contributed by atoms with Crippen LogP contribution < -0.4 is 11.1 Å². The Bertz CT molecular complexity index is 726. The molecule has 1 aromatic heterocycles. The van der Waals surface area contributed by atoms with Crippen molar-refractivity contribution in [3.8, 4) is 0 Å². The molecule has 0 amide bonds. The fraction of sp³-hybridized carbons (Fsp3) is 0.821. The zero-order valence-electron chi connectivity index (χ0n) is 22.4. The van der Waals surface area contributed by atoms with E-state index in [4.69, 9.17) is 5.73 Å². The third kappa shape index (κ3) is 7.66. The van der Waals surface area contributed by atoms with E-state index >= 15 is 0 Å². The molecular formula is C28H50N4O2. The van der Waals surface area contributed by atoms with Crippen LogP contribution in [0, 0.1) is 23.2 Å². The minimum atomic E-state index is -0.922. The summed E-state index contributed by atoms with van der Waals surface area (Å²) in [5.74, 6) is 1.14. The zero-order chi connectivity index (χ0) is 25.2.